The zero-order valence-electron chi connectivity index (χ0n) is 23.8. The third-order valence-electron chi connectivity index (χ3n) is 5.08. The van der Waals surface area contributed by atoms with Crippen molar-refractivity contribution < 1.29 is 42.8 Å². The standard InChI is InChI=1S/C27H48O9/c1-25(2,15-31-7)18-34-22(28)13-11-10-12-21(24(30)36-20-27(5,6)17-33-9)14-23(29)35-19-26(3,4)16-32-8/h10-11,21H,12-20H2,1-9H3/b11-10+. The van der Waals surface area contributed by atoms with E-state index >= 15 is 0 Å². The molecule has 0 aliphatic rings. The Morgan fingerprint density at radius 3 is 1.47 bits per heavy atom. The first kappa shape index (κ1) is 34.0. The maximum atomic E-state index is 12.8. The van der Waals surface area contributed by atoms with E-state index in [-0.39, 0.29) is 61.3 Å². The van der Waals surface area contributed by atoms with Gasteiger partial charge in [0.15, 0.2) is 0 Å². The van der Waals surface area contributed by atoms with Crippen molar-refractivity contribution in [2.75, 3.05) is 61.0 Å². The van der Waals surface area contributed by atoms with Crippen molar-refractivity contribution in [3.8, 4) is 0 Å². The second kappa shape index (κ2) is 16.7. The van der Waals surface area contributed by atoms with Crippen LogP contribution in [0, 0.1) is 22.2 Å². The summed E-state index contributed by atoms with van der Waals surface area (Å²) in [7, 11) is 4.77. The molecule has 1 unspecified atom stereocenters. The third kappa shape index (κ3) is 16.7. The topological polar surface area (TPSA) is 107 Å². The first-order chi connectivity index (χ1) is 16.7. The number of hydrogen-bond acceptors (Lipinski definition) is 9. The summed E-state index contributed by atoms with van der Waals surface area (Å²) in [5, 5.41) is 0. The minimum absolute atomic E-state index is 0.0569. The van der Waals surface area contributed by atoms with Crippen molar-refractivity contribution in [2.24, 2.45) is 22.2 Å². The van der Waals surface area contributed by atoms with Crippen molar-refractivity contribution in [3.05, 3.63) is 12.2 Å². The van der Waals surface area contributed by atoms with E-state index in [1.165, 1.54) is 0 Å². The van der Waals surface area contributed by atoms with Gasteiger partial charge in [0.1, 0.15) is 0 Å². The van der Waals surface area contributed by atoms with Crippen molar-refractivity contribution in [2.45, 2.75) is 60.8 Å². The average molecular weight is 517 g/mol. The Hall–Kier alpha value is -1.97. The maximum Gasteiger partial charge on any atom is 0.309 e. The number of hydrogen-bond donors (Lipinski definition) is 0. The summed E-state index contributed by atoms with van der Waals surface area (Å²) < 4.78 is 31.6. The molecule has 0 aliphatic heterocycles. The summed E-state index contributed by atoms with van der Waals surface area (Å²) in [4.78, 5) is 37.3. The van der Waals surface area contributed by atoms with Crippen LogP contribution in [0.3, 0.4) is 0 Å². The highest BCUT2D eigenvalue weighted by atomic mass is 16.5. The van der Waals surface area contributed by atoms with E-state index in [1.54, 1.807) is 33.5 Å². The van der Waals surface area contributed by atoms with E-state index in [9.17, 15) is 14.4 Å². The van der Waals surface area contributed by atoms with Gasteiger partial charge in [-0.3, -0.25) is 14.4 Å². The van der Waals surface area contributed by atoms with Gasteiger partial charge >= 0.3 is 17.9 Å². The van der Waals surface area contributed by atoms with Gasteiger partial charge in [-0.15, -0.1) is 0 Å². The monoisotopic (exact) mass is 516 g/mol. The van der Waals surface area contributed by atoms with Gasteiger partial charge in [-0.1, -0.05) is 53.7 Å². The Bertz CT molecular complexity index is 695. The summed E-state index contributed by atoms with van der Waals surface area (Å²) in [6.07, 6.45) is 3.47. The molecular formula is C27H48O9. The van der Waals surface area contributed by atoms with Gasteiger partial charge in [-0.2, -0.15) is 0 Å². The lowest BCUT2D eigenvalue weighted by molar-refractivity contribution is -0.159. The van der Waals surface area contributed by atoms with Crippen LogP contribution in [0.2, 0.25) is 0 Å². The minimum atomic E-state index is -0.741. The molecule has 210 valence electrons. The fourth-order valence-corrected chi connectivity index (χ4v) is 3.26. The Morgan fingerprint density at radius 2 is 1.03 bits per heavy atom. The average Bonchev–Trinajstić information content (AvgIpc) is 2.77. The van der Waals surface area contributed by atoms with Gasteiger partial charge in [0.25, 0.3) is 0 Å². The van der Waals surface area contributed by atoms with Gasteiger partial charge in [-0.25, -0.2) is 0 Å². The van der Waals surface area contributed by atoms with Crippen LogP contribution in [0.15, 0.2) is 12.2 Å². The second-order valence-electron chi connectivity index (χ2n) is 11.5. The summed E-state index contributed by atoms with van der Waals surface area (Å²) in [5.41, 5.74) is -0.990. The molecule has 0 rings (SSSR count). The molecule has 0 aromatic heterocycles. The van der Waals surface area contributed by atoms with Crippen molar-refractivity contribution in [3.63, 3.8) is 0 Å². The molecular weight excluding hydrogens is 468 g/mol. The van der Waals surface area contributed by atoms with Gasteiger partial charge in [-0.05, 0) is 6.42 Å². The predicted molar refractivity (Wildman–Crippen MR) is 136 cm³/mol. The van der Waals surface area contributed by atoms with E-state index in [2.05, 4.69) is 0 Å². The Kier molecular flexibility index (Phi) is 15.8. The normalized spacial score (nSPS) is 13.5. The largest absolute Gasteiger partial charge is 0.465 e. The van der Waals surface area contributed by atoms with Gasteiger partial charge in [0.05, 0.1) is 58.4 Å². The predicted octanol–water partition coefficient (Wildman–Crippen LogP) is 3.98. The highest BCUT2D eigenvalue weighted by Gasteiger charge is 2.28. The van der Waals surface area contributed by atoms with Crippen molar-refractivity contribution in [1.29, 1.82) is 0 Å². The van der Waals surface area contributed by atoms with Gasteiger partial charge in [0.2, 0.25) is 0 Å². The fraction of sp³-hybridized carbons (Fsp3) is 0.815. The zero-order valence-corrected chi connectivity index (χ0v) is 23.8. The molecule has 36 heavy (non-hydrogen) atoms. The molecule has 0 fully saturated rings. The summed E-state index contributed by atoms with van der Waals surface area (Å²) in [6, 6.07) is 0. The molecule has 1 atom stereocenters. The smallest absolute Gasteiger partial charge is 0.309 e. The number of esters is 3. The number of methoxy groups -OCH3 is 3. The summed E-state index contributed by atoms with van der Waals surface area (Å²) >= 11 is 0. The van der Waals surface area contributed by atoms with Crippen LogP contribution in [0.5, 0.6) is 0 Å². The number of allylic oxidation sites excluding steroid dienone is 1. The summed E-state index contributed by atoms with van der Waals surface area (Å²) in [5.74, 6) is -2.11. The molecule has 0 bridgehead atoms. The Balaban J connectivity index is 5.01. The molecule has 0 aromatic carbocycles. The van der Waals surface area contributed by atoms with Crippen LogP contribution < -0.4 is 0 Å². The quantitative estimate of drug-likeness (QED) is 0.143. The van der Waals surface area contributed by atoms with Gasteiger partial charge < -0.3 is 28.4 Å². The molecule has 0 aromatic rings. The highest BCUT2D eigenvalue weighted by molar-refractivity contribution is 5.80. The van der Waals surface area contributed by atoms with Crippen molar-refractivity contribution in [1.82, 2.24) is 0 Å². The third-order valence-corrected chi connectivity index (χ3v) is 5.08. The lowest BCUT2D eigenvalue weighted by atomic mass is 9.95. The molecule has 0 spiro atoms. The first-order valence-electron chi connectivity index (χ1n) is 12.3. The Labute approximate surface area is 217 Å². The summed E-state index contributed by atoms with van der Waals surface area (Å²) in [6.45, 7) is 13.5. The fourth-order valence-electron chi connectivity index (χ4n) is 3.26. The lowest BCUT2D eigenvalue weighted by Gasteiger charge is -2.25. The highest BCUT2D eigenvalue weighted by Crippen LogP contribution is 2.21. The minimum Gasteiger partial charge on any atom is -0.465 e. The molecule has 9 heteroatoms. The molecule has 0 amide bonds. The van der Waals surface area contributed by atoms with E-state index in [4.69, 9.17) is 28.4 Å². The molecule has 9 nitrogen and oxygen atoms in total. The van der Waals surface area contributed by atoms with E-state index < -0.39 is 17.9 Å². The van der Waals surface area contributed by atoms with E-state index in [0.29, 0.717) is 19.8 Å². The molecule has 0 saturated carbocycles. The lowest BCUT2D eigenvalue weighted by Crippen LogP contribution is -2.31. The van der Waals surface area contributed by atoms with E-state index in [1.807, 2.05) is 41.5 Å². The maximum absolute atomic E-state index is 12.8. The number of ether oxygens (including phenoxy) is 6. The number of rotatable bonds is 19. The van der Waals surface area contributed by atoms with Crippen LogP contribution in [-0.4, -0.2) is 78.9 Å². The van der Waals surface area contributed by atoms with Crippen LogP contribution in [-0.2, 0) is 42.8 Å². The SMILES string of the molecule is COCC(C)(C)COC(=O)C/C=C/CC(CC(=O)OCC(C)(C)COC)C(=O)OCC(C)(C)COC. The zero-order chi connectivity index (χ0) is 27.8. The molecule has 0 radical (unpaired) electrons. The number of carbonyl (C=O) groups is 3. The van der Waals surface area contributed by atoms with Crippen molar-refractivity contribution >= 4 is 17.9 Å². The first-order valence-corrected chi connectivity index (χ1v) is 12.3. The van der Waals surface area contributed by atoms with Crippen LogP contribution in [0.4, 0.5) is 0 Å². The van der Waals surface area contributed by atoms with Gasteiger partial charge in [0, 0.05) is 37.6 Å². The Morgan fingerprint density at radius 1 is 0.611 bits per heavy atom. The molecule has 0 saturated heterocycles. The van der Waals surface area contributed by atoms with Crippen LogP contribution in [0.25, 0.3) is 0 Å². The number of carbonyl (C=O) groups excluding carboxylic acids is 3. The van der Waals surface area contributed by atoms with Crippen LogP contribution in [0.1, 0.15) is 60.8 Å². The van der Waals surface area contributed by atoms with E-state index in [0.717, 1.165) is 0 Å². The molecule has 0 aliphatic carbocycles. The van der Waals surface area contributed by atoms with Crippen LogP contribution >= 0.6 is 0 Å². The second-order valence-corrected chi connectivity index (χ2v) is 11.5. The molecule has 0 heterocycles. The molecule has 0 N–H and O–H groups in total.